The number of hydrogen-bond donors (Lipinski definition) is 1. The highest BCUT2D eigenvalue weighted by molar-refractivity contribution is 4.94. The summed E-state index contributed by atoms with van der Waals surface area (Å²) in [4.78, 5) is 4.41. The summed E-state index contributed by atoms with van der Waals surface area (Å²) in [6.07, 6.45) is 6.20. The second kappa shape index (κ2) is 5.48. The summed E-state index contributed by atoms with van der Waals surface area (Å²) >= 11 is 0. The molecule has 0 fully saturated rings. The van der Waals surface area contributed by atoms with Crippen molar-refractivity contribution in [2.75, 3.05) is 7.05 Å². The van der Waals surface area contributed by atoms with Crippen LogP contribution in [0.15, 0.2) is 12.4 Å². The highest BCUT2D eigenvalue weighted by Crippen LogP contribution is 2.20. The Kier molecular flexibility index (Phi) is 4.54. The van der Waals surface area contributed by atoms with E-state index in [0.717, 1.165) is 19.4 Å². The average Bonchev–Trinajstić information content (AvgIpc) is 2.60. The number of aromatic nitrogens is 2. The van der Waals surface area contributed by atoms with Crippen LogP contribution in [0.2, 0.25) is 0 Å². The summed E-state index contributed by atoms with van der Waals surface area (Å²) in [7, 11) is 2.03. The van der Waals surface area contributed by atoms with Crippen LogP contribution in [0.1, 0.15) is 39.9 Å². The average molecular weight is 223 g/mol. The molecule has 92 valence electrons. The third-order valence-electron chi connectivity index (χ3n) is 3.05. The van der Waals surface area contributed by atoms with Gasteiger partial charge in [0.15, 0.2) is 0 Å². The second-order valence-corrected chi connectivity index (χ2v) is 5.45. The third kappa shape index (κ3) is 3.34. The minimum atomic E-state index is 0.266. The van der Waals surface area contributed by atoms with E-state index < -0.39 is 0 Å². The summed E-state index contributed by atoms with van der Waals surface area (Å²) in [5, 5.41) is 3.40. The molecule has 0 aliphatic rings. The van der Waals surface area contributed by atoms with Crippen molar-refractivity contribution in [2.24, 2.45) is 5.41 Å². The van der Waals surface area contributed by atoms with Gasteiger partial charge < -0.3 is 9.88 Å². The van der Waals surface area contributed by atoms with Crippen molar-refractivity contribution in [3.8, 4) is 0 Å². The molecule has 0 aliphatic carbocycles. The number of rotatable bonds is 5. The molecule has 16 heavy (non-hydrogen) atoms. The topological polar surface area (TPSA) is 29.9 Å². The Bertz CT molecular complexity index is 309. The van der Waals surface area contributed by atoms with Crippen molar-refractivity contribution in [3.63, 3.8) is 0 Å². The second-order valence-electron chi connectivity index (χ2n) is 5.45. The van der Waals surface area contributed by atoms with Crippen molar-refractivity contribution in [2.45, 2.75) is 53.1 Å². The molecule has 0 aromatic carbocycles. The van der Waals surface area contributed by atoms with Crippen LogP contribution >= 0.6 is 0 Å². The lowest BCUT2D eigenvalue weighted by molar-refractivity contribution is 0.252. The molecule has 0 aliphatic heterocycles. The summed E-state index contributed by atoms with van der Waals surface area (Å²) in [5.74, 6) is 1.20. The Morgan fingerprint density at radius 1 is 1.44 bits per heavy atom. The number of likely N-dealkylation sites (N-methyl/N-ethyl adjacent to an activating group) is 1. The lowest BCUT2D eigenvalue weighted by Gasteiger charge is -2.31. The van der Waals surface area contributed by atoms with Gasteiger partial charge in [-0.15, -0.1) is 0 Å². The molecule has 3 heteroatoms. The van der Waals surface area contributed by atoms with Gasteiger partial charge >= 0.3 is 0 Å². The van der Waals surface area contributed by atoms with Crippen LogP contribution in [0.4, 0.5) is 0 Å². The lowest BCUT2D eigenvalue weighted by Crippen LogP contribution is -2.41. The monoisotopic (exact) mass is 223 g/mol. The molecule has 0 spiro atoms. The van der Waals surface area contributed by atoms with Crippen LogP contribution < -0.4 is 5.32 Å². The van der Waals surface area contributed by atoms with Crippen LogP contribution in [0.5, 0.6) is 0 Å². The van der Waals surface area contributed by atoms with E-state index in [1.165, 1.54) is 5.82 Å². The Labute approximate surface area is 99.3 Å². The minimum Gasteiger partial charge on any atom is -0.333 e. The van der Waals surface area contributed by atoms with Crippen LogP contribution in [0, 0.1) is 5.41 Å². The van der Waals surface area contributed by atoms with E-state index in [0.29, 0.717) is 6.04 Å². The van der Waals surface area contributed by atoms with Gasteiger partial charge in [-0.05, 0) is 18.9 Å². The van der Waals surface area contributed by atoms with E-state index in [1.807, 2.05) is 13.2 Å². The largest absolute Gasteiger partial charge is 0.333 e. The maximum atomic E-state index is 4.41. The molecule has 0 saturated heterocycles. The molecule has 1 unspecified atom stereocenters. The highest BCUT2D eigenvalue weighted by atomic mass is 15.1. The quantitative estimate of drug-likeness (QED) is 0.831. The van der Waals surface area contributed by atoms with E-state index in [4.69, 9.17) is 0 Å². The minimum absolute atomic E-state index is 0.266. The van der Waals surface area contributed by atoms with E-state index >= 15 is 0 Å². The predicted molar refractivity (Wildman–Crippen MR) is 68.5 cm³/mol. The summed E-state index contributed by atoms with van der Waals surface area (Å²) in [6, 6.07) is 0.470. The van der Waals surface area contributed by atoms with Crippen LogP contribution in [-0.4, -0.2) is 22.6 Å². The SMILES string of the molecule is CCCc1nccn1CC(NC)C(C)(C)C. The number of hydrogen-bond acceptors (Lipinski definition) is 2. The first kappa shape index (κ1) is 13.2. The van der Waals surface area contributed by atoms with Gasteiger partial charge in [0.05, 0.1) is 0 Å². The Morgan fingerprint density at radius 3 is 2.62 bits per heavy atom. The predicted octanol–water partition coefficient (Wildman–Crippen LogP) is 2.47. The highest BCUT2D eigenvalue weighted by Gasteiger charge is 2.23. The van der Waals surface area contributed by atoms with E-state index in [-0.39, 0.29) is 5.41 Å². The summed E-state index contributed by atoms with van der Waals surface area (Å²) in [6.45, 7) is 9.99. The lowest BCUT2D eigenvalue weighted by atomic mass is 9.87. The van der Waals surface area contributed by atoms with E-state index in [9.17, 15) is 0 Å². The first-order valence-corrected chi connectivity index (χ1v) is 6.16. The maximum Gasteiger partial charge on any atom is 0.108 e. The number of aryl methyl sites for hydroxylation is 1. The zero-order valence-corrected chi connectivity index (χ0v) is 11.2. The van der Waals surface area contributed by atoms with Gasteiger partial charge in [-0.1, -0.05) is 27.7 Å². The zero-order chi connectivity index (χ0) is 12.2. The smallest absolute Gasteiger partial charge is 0.108 e. The van der Waals surface area contributed by atoms with Crippen molar-refractivity contribution in [1.29, 1.82) is 0 Å². The molecule has 0 radical (unpaired) electrons. The van der Waals surface area contributed by atoms with Gasteiger partial charge in [-0.3, -0.25) is 0 Å². The van der Waals surface area contributed by atoms with Crippen molar-refractivity contribution in [1.82, 2.24) is 14.9 Å². The van der Waals surface area contributed by atoms with Gasteiger partial charge in [0.1, 0.15) is 5.82 Å². The van der Waals surface area contributed by atoms with Crippen molar-refractivity contribution < 1.29 is 0 Å². The molecular weight excluding hydrogens is 198 g/mol. The first-order valence-electron chi connectivity index (χ1n) is 6.16. The Balaban J connectivity index is 2.74. The zero-order valence-electron chi connectivity index (χ0n) is 11.2. The van der Waals surface area contributed by atoms with Gasteiger partial charge in [-0.25, -0.2) is 4.98 Å². The standard InChI is InChI=1S/C13H25N3/c1-6-7-12-15-8-9-16(12)10-11(14-5)13(2,3)4/h8-9,11,14H,6-7,10H2,1-5H3. The Morgan fingerprint density at radius 2 is 2.12 bits per heavy atom. The van der Waals surface area contributed by atoms with E-state index in [1.54, 1.807) is 0 Å². The van der Waals surface area contributed by atoms with Crippen LogP contribution in [-0.2, 0) is 13.0 Å². The molecule has 1 aromatic heterocycles. The van der Waals surface area contributed by atoms with Gasteiger partial charge in [0.25, 0.3) is 0 Å². The van der Waals surface area contributed by atoms with Crippen molar-refractivity contribution in [3.05, 3.63) is 18.2 Å². The van der Waals surface area contributed by atoms with Gasteiger partial charge in [-0.2, -0.15) is 0 Å². The maximum absolute atomic E-state index is 4.41. The molecule has 1 aromatic rings. The summed E-state index contributed by atoms with van der Waals surface area (Å²) < 4.78 is 2.27. The first-order chi connectivity index (χ1) is 7.49. The van der Waals surface area contributed by atoms with Crippen molar-refractivity contribution >= 4 is 0 Å². The van der Waals surface area contributed by atoms with E-state index in [2.05, 4.69) is 48.8 Å². The Hall–Kier alpha value is -0.830. The molecule has 1 N–H and O–H groups in total. The molecule has 1 atom stereocenters. The molecule has 1 heterocycles. The van der Waals surface area contributed by atoms with Gasteiger partial charge in [0, 0.05) is 31.4 Å². The molecule has 0 saturated carbocycles. The molecule has 3 nitrogen and oxygen atoms in total. The molecule has 0 amide bonds. The number of imidazole rings is 1. The van der Waals surface area contributed by atoms with Crippen LogP contribution in [0.3, 0.4) is 0 Å². The normalized spacial score (nSPS) is 14.1. The fourth-order valence-electron chi connectivity index (χ4n) is 1.95. The fourth-order valence-corrected chi connectivity index (χ4v) is 1.95. The molecular formula is C13H25N3. The summed E-state index contributed by atoms with van der Waals surface area (Å²) in [5.41, 5.74) is 0.266. The number of nitrogens with zero attached hydrogens (tertiary/aromatic N) is 2. The van der Waals surface area contributed by atoms with Gasteiger partial charge in [0.2, 0.25) is 0 Å². The fraction of sp³-hybridized carbons (Fsp3) is 0.769. The molecule has 0 bridgehead atoms. The number of nitrogens with one attached hydrogen (secondary N) is 1. The molecule has 1 rings (SSSR count). The third-order valence-corrected chi connectivity index (χ3v) is 3.05. The van der Waals surface area contributed by atoms with Crippen LogP contribution in [0.25, 0.3) is 0 Å².